The van der Waals surface area contributed by atoms with E-state index in [0.29, 0.717) is 0 Å². The molecule has 194 valence electrons. The summed E-state index contributed by atoms with van der Waals surface area (Å²) in [7, 11) is 0. The molecule has 0 rings (SSSR count). The van der Waals surface area contributed by atoms with Crippen LogP contribution >= 0.6 is 0 Å². The molecule has 0 nitrogen and oxygen atoms in total. The SMILES string of the molecule is CCCCCC/C=C\CCCCCCCC[C]CCCCCCCC/C=C\CCCCCC. The molecule has 0 aromatic carbocycles. The lowest BCUT2D eigenvalue weighted by Gasteiger charge is -2.03. The minimum absolute atomic E-state index is 1.23. The van der Waals surface area contributed by atoms with Crippen molar-refractivity contribution in [2.45, 2.75) is 181 Å². The van der Waals surface area contributed by atoms with E-state index in [2.05, 4.69) is 44.6 Å². The van der Waals surface area contributed by atoms with Gasteiger partial charge >= 0.3 is 0 Å². The third-order valence-corrected chi connectivity index (χ3v) is 6.73. The maximum Gasteiger partial charge on any atom is -0.0173 e. The van der Waals surface area contributed by atoms with E-state index < -0.39 is 0 Å². The minimum Gasteiger partial charge on any atom is -0.0885 e. The lowest BCUT2D eigenvalue weighted by atomic mass is 10.0. The highest BCUT2D eigenvalue weighted by atomic mass is 14.0. The van der Waals surface area contributed by atoms with Gasteiger partial charge in [-0.1, -0.05) is 141 Å². The van der Waals surface area contributed by atoms with Crippen LogP contribution in [0.5, 0.6) is 0 Å². The first kappa shape index (κ1) is 32.5. The summed E-state index contributed by atoms with van der Waals surface area (Å²) >= 11 is 0. The van der Waals surface area contributed by atoms with Crippen LogP contribution in [0.1, 0.15) is 181 Å². The maximum atomic E-state index is 3.65. The van der Waals surface area contributed by atoms with Crippen LogP contribution in [-0.2, 0) is 0 Å². The van der Waals surface area contributed by atoms with Crippen molar-refractivity contribution in [3.63, 3.8) is 0 Å². The molecule has 0 amide bonds. The average molecular weight is 459 g/mol. The number of hydrogen-bond acceptors (Lipinski definition) is 0. The zero-order valence-electron chi connectivity index (χ0n) is 23.2. The molecule has 0 fully saturated rings. The fraction of sp³-hybridized carbons (Fsp3) is 0.848. The molecule has 2 radical (unpaired) electrons. The Morgan fingerprint density at radius 3 is 0.939 bits per heavy atom. The van der Waals surface area contributed by atoms with Crippen molar-refractivity contribution >= 4 is 0 Å². The largest absolute Gasteiger partial charge is 0.0885 e. The van der Waals surface area contributed by atoms with Crippen molar-refractivity contribution in [2.75, 3.05) is 0 Å². The highest BCUT2D eigenvalue weighted by molar-refractivity contribution is 4.82. The monoisotopic (exact) mass is 458 g/mol. The van der Waals surface area contributed by atoms with Gasteiger partial charge in [0, 0.05) is 0 Å². The Labute approximate surface area is 211 Å². The number of rotatable bonds is 28. The summed E-state index contributed by atoms with van der Waals surface area (Å²) in [5, 5.41) is 0. The van der Waals surface area contributed by atoms with Gasteiger partial charge < -0.3 is 0 Å². The first-order chi connectivity index (χ1) is 16.4. The fourth-order valence-electron chi connectivity index (χ4n) is 4.41. The maximum absolute atomic E-state index is 3.65. The van der Waals surface area contributed by atoms with Crippen molar-refractivity contribution in [3.05, 3.63) is 30.7 Å². The van der Waals surface area contributed by atoms with Crippen molar-refractivity contribution in [3.8, 4) is 0 Å². The van der Waals surface area contributed by atoms with Gasteiger partial charge in [-0.3, -0.25) is 0 Å². The van der Waals surface area contributed by atoms with E-state index in [1.165, 1.54) is 167 Å². The zero-order chi connectivity index (χ0) is 23.9. The van der Waals surface area contributed by atoms with E-state index in [1.54, 1.807) is 0 Å². The molecule has 0 saturated carbocycles. The van der Waals surface area contributed by atoms with Gasteiger partial charge in [0.1, 0.15) is 0 Å². The molecule has 0 atom stereocenters. The van der Waals surface area contributed by atoms with Gasteiger partial charge in [-0.25, -0.2) is 0 Å². The average Bonchev–Trinajstić information content (AvgIpc) is 2.83. The summed E-state index contributed by atoms with van der Waals surface area (Å²) < 4.78 is 0. The Hall–Kier alpha value is -0.520. The van der Waals surface area contributed by atoms with Crippen molar-refractivity contribution in [1.82, 2.24) is 0 Å². The fourth-order valence-corrected chi connectivity index (χ4v) is 4.41. The quantitative estimate of drug-likeness (QED) is 0.0807. The molecule has 0 bridgehead atoms. The molecule has 0 N–H and O–H groups in total. The summed E-state index contributed by atoms with van der Waals surface area (Å²) in [5.74, 6) is 0. The molecule has 0 spiro atoms. The lowest BCUT2D eigenvalue weighted by Crippen LogP contribution is -1.84. The summed E-state index contributed by atoms with van der Waals surface area (Å²) in [6.45, 7) is 4.57. The molecular weight excluding hydrogens is 396 g/mol. The van der Waals surface area contributed by atoms with Crippen LogP contribution in [0, 0.1) is 6.42 Å². The summed E-state index contributed by atoms with van der Waals surface area (Å²) in [6, 6.07) is 0. The van der Waals surface area contributed by atoms with E-state index >= 15 is 0 Å². The van der Waals surface area contributed by atoms with E-state index in [1.807, 2.05) is 0 Å². The Morgan fingerprint density at radius 1 is 0.333 bits per heavy atom. The third-order valence-electron chi connectivity index (χ3n) is 6.73. The second kappa shape index (κ2) is 31.5. The predicted molar refractivity (Wildman–Crippen MR) is 153 cm³/mol. The molecule has 0 heteroatoms. The molecule has 0 saturated heterocycles. The van der Waals surface area contributed by atoms with Crippen LogP contribution in [0.15, 0.2) is 24.3 Å². The molecule has 0 aromatic rings. The minimum atomic E-state index is 1.23. The van der Waals surface area contributed by atoms with Gasteiger partial charge in [-0.15, -0.1) is 0 Å². The predicted octanol–water partition coefficient (Wildman–Crippen LogP) is 12.4. The Bertz CT molecular complexity index is 341. The Morgan fingerprint density at radius 2 is 0.606 bits per heavy atom. The van der Waals surface area contributed by atoms with Crippen LogP contribution in [0.3, 0.4) is 0 Å². The topological polar surface area (TPSA) is 0 Å². The molecular formula is C33H62. The van der Waals surface area contributed by atoms with E-state index in [9.17, 15) is 0 Å². The normalized spacial score (nSPS) is 11.9. The van der Waals surface area contributed by atoms with Gasteiger partial charge in [-0.2, -0.15) is 0 Å². The standard InChI is InChI=1S/C33H62/c1-3-5-7-9-11-13-15-17-19-21-23-25-27-29-31-33-32-30-28-26-24-22-20-18-16-14-12-10-8-6-4-2/h13-16H,3-12,17-32H2,1-2H3/b15-13-,16-14-. The summed E-state index contributed by atoms with van der Waals surface area (Å²) in [6.07, 6.45) is 48.9. The second-order valence-corrected chi connectivity index (χ2v) is 10.2. The molecule has 0 aromatic heterocycles. The first-order valence-electron chi connectivity index (χ1n) is 15.4. The molecule has 0 aliphatic heterocycles. The third kappa shape index (κ3) is 31.5. The second-order valence-electron chi connectivity index (χ2n) is 10.2. The van der Waals surface area contributed by atoms with E-state index in [-0.39, 0.29) is 0 Å². The highest BCUT2D eigenvalue weighted by Crippen LogP contribution is 2.14. The first-order valence-corrected chi connectivity index (χ1v) is 15.4. The Balaban J connectivity index is 3.08. The number of allylic oxidation sites excluding steroid dienone is 4. The van der Waals surface area contributed by atoms with Crippen molar-refractivity contribution in [1.29, 1.82) is 0 Å². The smallest absolute Gasteiger partial charge is 0.0173 e. The van der Waals surface area contributed by atoms with Crippen LogP contribution < -0.4 is 0 Å². The van der Waals surface area contributed by atoms with E-state index in [4.69, 9.17) is 0 Å². The van der Waals surface area contributed by atoms with Gasteiger partial charge in [0.05, 0.1) is 0 Å². The molecule has 0 aliphatic carbocycles. The van der Waals surface area contributed by atoms with Crippen molar-refractivity contribution < 1.29 is 0 Å². The molecule has 33 heavy (non-hydrogen) atoms. The zero-order valence-corrected chi connectivity index (χ0v) is 23.2. The molecule has 0 aliphatic rings. The van der Waals surface area contributed by atoms with Crippen LogP contribution in [0.2, 0.25) is 0 Å². The van der Waals surface area contributed by atoms with Gasteiger partial charge in [-0.05, 0) is 70.6 Å². The molecule has 0 unspecified atom stereocenters. The lowest BCUT2D eigenvalue weighted by molar-refractivity contribution is 0.573. The van der Waals surface area contributed by atoms with Crippen molar-refractivity contribution in [2.24, 2.45) is 0 Å². The van der Waals surface area contributed by atoms with Gasteiger partial charge in [0.15, 0.2) is 0 Å². The Kier molecular flexibility index (Phi) is 31.0. The van der Waals surface area contributed by atoms with Gasteiger partial charge in [0.25, 0.3) is 0 Å². The summed E-state index contributed by atoms with van der Waals surface area (Å²) in [4.78, 5) is 0. The number of unbranched alkanes of at least 4 members (excludes halogenated alkanes) is 24. The highest BCUT2D eigenvalue weighted by Gasteiger charge is 1.95. The van der Waals surface area contributed by atoms with Crippen LogP contribution in [0.4, 0.5) is 0 Å². The summed E-state index contributed by atoms with van der Waals surface area (Å²) in [5.41, 5.74) is 0. The van der Waals surface area contributed by atoms with Crippen LogP contribution in [-0.4, -0.2) is 0 Å². The van der Waals surface area contributed by atoms with E-state index in [0.717, 1.165) is 0 Å². The molecule has 0 heterocycles. The van der Waals surface area contributed by atoms with Crippen LogP contribution in [0.25, 0.3) is 0 Å². The number of hydrogen-bond donors (Lipinski definition) is 0. The van der Waals surface area contributed by atoms with Gasteiger partial charge in [0.2, 0.25) is 0 Å².